The molecule has 0 aromatic carbocycles. The van der Waals surface area contributed by atoms with Gasteiger partial charge in [0.05, 0.1) is 0 Å². The second-order valence-electron chi connectivity index (χ2n) is 22.3. The van der Waals surface area contributed by atoms with E-state index in [4.69, 9.17) is 14.2 Å². The molecule has 6 nitrogen and oxygen atoms in total. The molecule has 0 saturated carbocycles. The summed E-state index contributed by atoms with van der Waals surface area (Å²) in [6.45, 7) is 6.31. The van der Waals surface area contributed by atoms with Crippen molar-refractivity contribution in [3.8, 4) is 0 Å². The summed E-state index contributed by atoms with van der Waals surface area (Å²) in [5.74, 6) is -0.904. The summed E-state index contributed by atoms with van der Waals surface area (Å²) >= 11 is 0. The lowest BCUT2D eigenvalue weighted by atomic mass is 10.0. The van der Waals surface area contributed by atoms with Crippen molar-refractivity contribution in [3.63, 3.8) is 0 Å². The van der Waals surface area contributed by atoms with E-state index in [0.29, 0.717) is 19.3 Å². The fraction of sp³-hybridized carbons (Fsp3) is 0.649. The van der Waals surface area contributed by atoms with Crippen molar-refractivity contribution in [1.82, 2.24) is 0 Å². The Morgan fingerprint density at radius 1 is 0.241 bits per heavy atom. The number of carbonyl (C=O) groups is 3. The average molecular weight is 1150 g/mol. The minimum atomic E-state index is -0.796. The number of hydrogen-bond acceptors (Lipinski definition) is 6. The normalized spacial score (nSPS) is 13.0. The third-order valence-corrected chi connectivity index (χ3v) is 14.3. The molecule has 0 saturated heterocycles. The van der Waals surface area contributed by atoms with Gasteiger partial charge in [0.1, 0.15) is 13.2 Å². The molecule has 0 bridgehead atoms. The highest BCUT2D eigenvalue weighted by atomic mass is 16.6. The molecule has 0 aliphatic carbocycles. The van der Waals surface area contributed by atoms with Crippen molar-refractivity contribution in [2.45, 2.75) is 309 Å². The van der Waals surface area contributed by atoms with E-state index in [1.165, 1.54) is 116 Å². The predicted octanol–water partition coefficient (Wildman–Crippen LogP) is 23.9. The average Bonchev–Trinajstić information content (AvgIpc) is 3.49. The van der Waals surface area contributed by atoms with E-state index in [0.717, 1.165) is 148 Å². The molecular formula is C77H126O6. The molecule has 0 fully saturated rings. The van der Waals surface area contributed by atoms with Gasteiger partial charge in [0.2, 0.25) is 0 Å². The first-order chi connectivity index (χ1) is 41.0. The molecule has 1 unspecified atom stereocenters. The molecule has 0 aliphatic rings. The van der Waals surface area contributed by atoms with Gasteiger partial charge >= 0.3 is 17.9 Å². The highest BCUT2D eigenvalue weighted by Gasteiger charge is 2.19. The topological polar surface area (TPSA) is 78.9 Å². The molecule has 0 N–H and O–H groups in total. The summed E-state index contributed by atoms with van der Waals surface area (Å²) in [4.78, 5) is 38.5. The smallest absolute Gasteiger partial charge is 0.306 e. The Labute approximate surface area is 512 Å². The van der Waals surface area contributed by atoms with Crippen LogP contribution in [-0.4, -0.2) is 37.2 Å². The van der Waals surface area contributed by atoms with E-state index >= 15 is 0 Å². The second-order valence-corrected chi connectivity index (χ2v) is 22.3. The van der Waals surface area contributed by atoms with Gasteiger partial charge in [-0.05, 0) is 135 Å². The van der Waals surface area contributed by atoms with Crippen LogP contribution in [0, 0.1) is 0 Å². The molecule has 470 valence electrons. The molecule has 0 spiro atoms. The van der Waals surface area contributed by atoms with Crippen LogP contribution in [0.1, 0.15) is 303 Å². The Kier molecular flexibility index (Phi) is 65.8. The molecule has 0 radical (unpaired) electrons. The van der Waals surface area contributed by atoms with Crippen LogP contribution in [0.5, 0.6) is 0 Å². The number of carbonyl (C=O) groups excluding carboxylic acids is 3. The Balaban J connectivity index is 4.41. The van der Waals surface area contributed by atoms with Gasteiger partial charge in [0, 0.05) is 19.3 Å². The van der Waals surface area contributed by atoms with Crippen molar-refractivity contribution in [2.75, 3.05) is 13.2 Å². The summed E-state index contributed by atoms with van der Waals surface area (Å²) in [5, 5.41) is 0. The highest BCUT2D eigenvalue weighted by Crippen LogP contribution is 2.16. The number of rotatable bonds is 61. The zero-order chi connectivity index (χ0) is 59.9. The number of allylic oxidation sites excluding steroid dienone is 24. The number of hydrogen-bond donors (Lipinski definition) is 0. The van der Waals surface area contributed by atoms with E-state index in [1.807, 2.05) is 0 Å². The summed E-state index contributed by atoms with van der Waals surface area (Å²) in [6.07, 6.45) is 100.0. The first-order valence-corrected chi connectivity index (χ1v) is 34.3. The second kappa shape index (κ2) is 69.8. The van der Waals surface area contributed by atoms with E-state index in [2.05, 4.69) is 167 Å². The minimum absolute atomic E-state index is 0.0901. The van der Waals surface area contributed by atoms with Crippen molar-refractivity contribution in [3.05, 3.63) is 146 Å². The van der Waals surface area contributed by atoms with Crippen LogP contribution in [0.15, 0.2) is 146 Å². The lowest BCUT2D eigenvalue weighted by Gasteiger charge is -2.18. The van der Waals surface area contributed by atoms with Gasteiger partial charge in [-0.25, -0.2) is 0 Å². The predicted molar refractivity (Wildman–Crippen MR) is 362 cm³/mol. The zero-order valence-electron chi connectivity index (χ0n) is 53.9. The van der Waals surface area contributed by atoms with Crippen LogP contribution in [0.25, 0.3) is 0 Å². The van der Waals surface area contributed by atoms with Crippen molar-refractivity contribution in [1.29, 1.82) is 0 Å². The monoisotopic (exact) mass is 1150 g/mol. The maximum absolute atomic E-state index is 13.0. The number of esters is 3. The van der Waals surface area contributed by atoms with Gasteiger partial charge < -0.3 is 14.2 Å². The molecule has 0 aliphatic heterocycles. The van der Waals surface area contributed by atoms with Crippen molar-refractivity contribution >= 4 is 17.9 Å². The maximum Gasteiger partial charge on any atom is 0.306 e. The van der Waals surface area contributed by atoms with Crippen molar-refractivity contribution in [2.24, 2.45) is 0 Å². The molecule has 0 aromatic heterocycles. The third-order valence-electron chi connectivity index (χ3n) is 14.3. The Morgan fingerprint density at radius 3 is 0.675 bits per heavy atom. The van der Waals surface area contributed by atoms with Gasteiger partial charge in [-0.1, -0.05) is 295 Å². The molecule has 0 heterocycles. The Hall–Kier alpha value is -4.71. The van der Waals surface area contributed by atoms with Crippen LogP contribution in [0.3, 0.4) is 0 Å². The largest absolute Gasteiger partial charge is 0.462 e. The Bertz CT molecular complexity index is 1800. The van der Waals surface area contributed by atoms with Gasteiger partial charge in [-0.2, -0.15) is 0 Å². The molecule has 83 heavy (non-hydrogen) atoms. The zero-order valence-corrected chi connectivity index (χ0v) is 53.9. The lowest BCUT2D eigenvalue weighted by Crippen LogP contribution is -2.30. The minimum Gasteiger partial charge on any atom is -0.462 e. The number of unbranched alkanes of at least 4 members (excludes halogenated alkanes) is 26. The fourth-order valence-corrected chi connectivity index (χ4v) is 9.30. The van der Waals surface area contributed by atoms with Crippen molar-refractivity contribution < 1.29 is 28.6 Å². The van der Waals surface area contributed by atoms with E-state index in [9.17, 15) is 14.4 Å². The summed E-state index contributed by atoms with van der Waals surface area (Å²) in [7, 11) is 0. The molecule has 1 atom stereocenters. The SMILES string of the molecule is CC/C=C\C/C=C\C/C=C\C/C=C\C/C=C\CCCCCCCCCCCC(=O)OCC(COC(=O)CCCCCCCCC/C=C\C/C=C\C/C=C\CC)OC(=O)CCCCCCCCCCCC/C=C\C/C=C\C/C=C\C/C=C\CC. The van der Waals surface area contributed by atoms with E-state index < -0.39 is 6.10 Å². The summed E-state index contributed by atoms with van der Waals surface area (Å²) in [5.41, 5.74) is 0. The van der Waals surface area contributed by atoms with Gasteiger partial charge in [0.25, 0.3) is 0 Å². The maximum atomic E-state index is 13.0. The van der Waals surface area contributed by atoms with Gasteiger partial charge in [-0.15, -0.1) is 0 Å². The van der Waals surface area contributed by atoms with Crippen LogP contribution >= 0.6 is 0 Å². The molecular weight excluding hydrogens is 1020 g/mol. The lowest BCUT2D eigenvalue weighted by molar-refractivity contribution is -0.167. The summed E-state index contributed by atoms with van der Waals surface area (Å²) in [6, 6.07) is 0. The van der Waals surface area contributed by atoms with Crippen LogP contribution in [0.4, 0.5) is 0 Å². The standard InChI is InChI=1S/C77H126O6/c1-4-7-10-13-16-19-22-25-28-31-33-35-37-38-40-41-43-46-49-52-55-58-61-64-67-70-76(79)82-73-74(72-81-75(78)69-66-63-60-57-54-51-48-45-30-27-24-21-18-15-12-9-6-3)83-77(80)71-68-65-62-59-56-53-50-47-44-42-39-36-34-32-29-26-23-20-17-14-11-8-5-2/h7-12,16-21,25-30,33-36,38,40,74H,4-6,13-15,22-24,31-32,37,39,41-73H2,1-3H3/b10-7-,11-8-,12-9-,19-16-,20-17-,21-18-,28-25-,29-26-,30-27-,35-33-,36-34-,40-38-. The van der Waals surface area contributed by atoms with Crippen LogP contribution < -0.4 is 0 Å². The van der Waals surface area contributed by atoms with Gasteiger partial charge in [-0.3, -0.25) is 14.4 Å². The third kappa shape index (κ3) is 68.0. The Morgan fingerprint density at radius 2 is 0.434 bits per heavy atom. The number of ether oxygens (including phenoxy) is 3. The molecule has 0 aromatic rings. The van der Waals surface area contributed by atoms with Crippen LogP contribution in [-0.2, 0) is 28.6 Å². The highest BCUT2D eigenvalue weighted by molar-refractivity contribution is 5.71. The first-order valence-electron chi connectivity index (χ1n) is 34.3. The quantitative estimate of drug-likeness (QED) is 0.0261. The van der Waals surface area contributed by atoms with E-state index in [1.54, 1.807) is 0 Å². The van der Waals surface area contributed by atoms with E-state index in [-0.39, 0.29) is 31.1 Å². The molecule has 0 amide bonds. The molecule has 6 heteroatoms. The van der Waals surface area contributed by atoms with Gasteiger partial charge in [0.15, 0.2) is 6.10 Å². The van der Waals surface area contributed by atoms with Crippen LogP contribution in [0.2, 0.25) is 0 Å². The fourth-order valence-electron chi connectivity index (χ4n) is 9.30. The molecule has 0 rings (SSSR count). The summed E-state index contributed by atoms with van der Waals surface area (Å²) < 4.78 is 17.0. The first kappa shape index (κ1) is 78.3.